The van der Waals surface area contributed by atoms with Gasteiger partial charge in [-0.2, -0.15) is 0 Å². The minimum Gasteiger partial charge on any atom is -0.369 e. The molecule has 198 valence electrons. The number of fused-ring (bicyclic) bond motifs is 1. The van der Waals surface area contributed by atoms with Crippen LogP contribution < -0.4 is 15.8 Å². The summed E-state index contributed by atoms with van der Waals surface area (Å²) in [4.78, 5) is 18.3. The molecule has 1 fully saturated rings. The van der Waals surface area contributed by atoms with Crippen LogP contribution >= 0.6 is 0 Å². The SMILES string of the molecule is CC(C)N1CCN(c2ccc(Nc3ccc4c(c3)cc(-c3ccc(S(C)(=O)=O)cc3)c(=O)n4C)cc2)CC1. The van der Waals surface area contributed by atoms with E-state index in [1.54, 1.807) is 35.9 Å². The molecule has 0 amide bonds. The molecule has 0 unspecified atom stereocenters. The second kappa shape index (κ2) is 10.3. The van der Waals surface area contributed by atoms with E-state index in [1.807, 2.05) is 24.3 Å². The van der Waals surface area contributed by atoms with Crippen LogP contribution in [0.1, 0.15) is 13.8 Å². The highest BCUT2D eigenvalue weighted by atomic mass is 32.2. The normalized spacial score (nSPS) is 14.8. The number of nitrogens with zero attached hydrogens (tertiary/aromatic N) is 3. The first-order chi connectivity index (χ1) is 18.1. The molecule has 2 heterocycles. The number of piperazine rings is 1. The summed E-state index contributed by atoms with van der Waals surface area (Å²) < 4.78 is 25.3. The molecule has 1 aliphatic heterocycles. The highest BCUT2D eigenvalue weighted by Gasteiger charge is 2.19. The molecule has 0 spiro atoms. The Morgan fingerprint density at radius 3 is 2.05 bits per heavy atom. The molecule has 1 N–H and O–H groups in total. The maximum Gasteiger partial charge on any atom is 0.258 e. The Hall–Kier alpha value is -3.62. The average Bonchev–Trinajstić information content (AvgIpc) is 2.91. The number of rotatable bonds is 6. The van der Waals surface area contributed by atoms with Crippen molar-refractivity contribution in [2.75, 3.05) is 42.7 Å². The van der Waals surface area contributed by atoms with Gasteiger partial charge in [-0.15, -0.1) is 0 Å². The Labute approximate surface area is 224 Å². The molecule has 3 aromatic carbocycles. The second-order valence-corrected chi connectivity index (χ2v) is 12.3. The number of aryl methyl sites for hydroxylation is 1. The summed E-state index contributed by atoms with van der Waals surface area (Å²) in [7, 11) is -1.55. The zero-order valence-corrected chi connectivity index (χ0v) is 23.1. The van der Waals surface area contributed by atoms with Gasteiger partial charge in [0.2, 0.25) is 0 Å². The smallest absolute Gasteiger partial charge is 0.258 e. The Morgan fingerprint density at radius 2 is 1.45 bits per heavy atom. The maximum atomic E-state index is 13.1. The van der Waals surface area contributed by atoms with Crippen molar-refractivity contribution >= 4 is 37.8 Å². The lowest BCUT2D eigenvalue weighted by Gasteiger charge is -2.38. The lowest BCUT2D eigenvalue weighted by atomic mass is 10.0. The number of anilines is 3. The predicted octanol–water partition coefficient (Wildman–Crippen LogP) is 4.88. The minimum atomic E-state index is -3.30. The molecule has 0 saturated carbocycles. The van der Waals surface area contributed by atoms with Crippen LogP contribution in [0.5, 0.6) is 0 Å². The minimum absolute atomic E-state index is 0.130. The third-order valence-electron chi connectivity index (χ3n) is 7.38. The van der Waals surface area contributed by atoms with Gasteiger partial charge in [0.15, 0.2) is 9.84 Å². The third kappa shape index (κ3) is 5.33. The summed E-state index contributed by atoms with van der Waals surface area (Å²) in [5.41, 5.74) is 5.06. The number of hydrogen-bond donors (Lipinski definition) is 1. The van der Waals surface area contributed by atoms with Gasteiger partial charge in [0, 0.05) is 73.5 Å². The molecule has 5 rings (SSSR count). The fourth-order valence-electron chi connectivity index (χ4n) is 5.07. The standard InChI is InChI=1S/C30H34N4O3S/c1-21(2)33-15-17-34(18-16-33)26-10-7-24(8-11-26)31-25-9-14-29-23(19-25)20-28(30(35)32(29)3)22-5-12-27(13-6-22)38(4,36)37/h5-14,19-21,31H,15-18H2,1-4H3. The molecule has 0 atom stereocenters. The van der Waals surface area contributed by atoms with Gasteiger partial charge in [0.1, 0.15) is 0 Å². The van der Waals surface area contributed by atoms with Gasteiger partial charge in [-0.25, -0.2) is 8.42 Å². The Morgan fingerprint density at radius 1 is 0.816 bits per heavy atom. The highest BCUT2D eigenvalue weighted by Crippen LogP contribution is 2.27. The molecule has 7 nitrogen and oxygen atoms in total. The number of sulfone groups is 1. The van der Waals surface area contributed by atoms with E-state index in [0.29, 0.717) is 17.2 Å². The monoisotopic (exact) mass is 530 g/mol. The molecule has 4 aromatic rings. The number of hydrogen-bond acceptors (Lipinski definition) is 6. The van der Waals surface area contributed by atoms with Gasteiger partial charge in [-0.1, -0.05) is 12.1 Å². The molecular weight excluding hydrogens is 496 g/mol. The Bertz CT molecular complexity index is 1620. The lowest BCUT2D eigenvalue weighted by molar-refractivity contribution is 0.209. The highest BCUT2D eigenvalue weighted by molar-refractivity contribution is 7.90. The first kappa shape index (κ1) is 26.0. The average molecular weight is 531 g/mol. The molecule has 0 radical (unpaired) electrons. The summed E-state index contributed by atoms with van der Waals surface area (Å²) in [5, 5.41) is 4.40. The summed E-state index contributed by atoms with van der Waals surface area (Å²) in [6.45, 7) is 8.74. The molecule has 1 aliphatic rings. The molecule has 0 aliphatic carbocycles. The van der Waals surface area contributed by atoms with Gasteiger partial charge in [-0.05, 0) is 80.1 Å². The number of pyridine rings is 1. The molecule has 8 heteroatoms. The van der Waals surface area contributed by atoms with Gasteiger partial charge >= 0.3 is 0 Å². The van der Waals surface area contributed by atoms with Gasteiger partial charge in [0.05, 0.1) is 10.4 Å². The first-order valence-electron chi connectivity index (χ1n) is 12.9. The van der Waals surface area contributed by atoms with E-state index < -0.39 is 9.84 Å². The van der Waals surface area contributed by atoms with Gasteiger partial charge in [0.25, 0.3) is 5.56 Å². The number of aromatic nitrogens is 1. The van der Waals surface area contributed by atoms with E-state index in [2.05, 4.69) is 53.2 Å². The van der Waals surface area contributed by atoms with Crippen molar-refractivity contribution in [2.45, 2.75) is 24.8 Å². The fraction of sp³-hybridized carbons (Fsp3) is 0.300. The zero-order chi connectivity index (χ0) is 27.0. The molecule has 1 aromatic heterocycles. The van der Waals surface area contributed by atoms with E-state index in [1.165, 1.54) is 11.9 Å². The van der Waals surface area contributed by atoms with Crippen molar-refractivity contribution in [3.05, 3.63) is 83.2 Å². The fourth-order valence-corrected chi connectivity index (χ4v) is 5.70. The van der Waals surface area contributed by atoms with Crippen LogP contribution in [0.3, 0.4) is 0 Å². The second-order valence-electron chi connectivity index (χ2n) is 10.3. The third-order valence-corrected chi connectivity index (χ3v) is 8.51. The maximum absolute atomic E-state index is 13.1. The van der Waals surface area contributed by atoms with Crippen LogP contribution in [0, 0.1) is 0 Å². The van der Waals surface area contributed by atoms with E-state index in [0.717, 1.165) is 48.5 Å². The van der Waals surface area contributed by atoms with Crippen LogP contribution in [-0.4, -0.2) is 56.4 Å². The van der Waals surface area contributed by atoms with Crippen LogP contribution in [0.2, 0.25) is 0 Å². The topological polar surface area (TPSA) is 74.7 Å². The number of benzene rings is 3. The van der Waals surface area contributed by atoms with Crippen molar-refractivity contribution in [1.29, 1.82) is 0 Å². The Kier molecular flexibility index (Phi) is 7.03. The largest absolute Gasteiger partial charge is 0.369 e. The van der Waals surface area contributed by atoms with Gasteiger partial charge in [-0.3, -0.25) is 9.69 Å². The quantitative estimate of drug-likeness (QED) is 0.383. The van der Waals surface area contributed by atoms with Crippen molar-refractivity contribution in [1.82, 2.24) is 9.47 Å². The molecule has 0 bridgehead atoms. The summed E-state index contributed by atoms with van der Waals surface area (Å²) >= 11 is 0. The zero-order valence-electron chi connectivity index (χ0n) is 22.3. The van der Waals surface area contributed by atoms with E-state index in [-0.39, 0.29) is 10.5 Å². The van der Waals surface area contributed by atoms with E-state index in [4.69, 9.17) is 0 Å². The predicted molar refractivity (Wildman–Crippen MR) is 156 cm³/mol. The van der Waals surface area contributed by atoms with E-state index >= 15 is 0 Å². The number of nitrogens with one attached hydrogen (secondary N) is 1. The first-order valence-corrected chi connectivity index (χ1v) is 14.8. The lowest BCUT2D eigenvalue weighted by Crippen LogP contribution is -2.48. The Balaban J connectivity index is 1.37. The van der Waals surface area contributed by atoms with Crippen LogP contribution in [0.4, 0.5) is 17.1 Å². The summed E-state index contributed by atoms with van der Waals surface area (Å²) in [6.07, 6.45) is 1.17. The van der Waals surface area contributed by atoms with E-state index in [9.17, 15) is 13.2 Å². The summed E-state index contributed by atoms with van der Waals surface area (Å²) in [5.74, 6) is 0. The van der Waals surface area contributed by atoms with Crippen LogP contribution in [0.15, 0.2) is 82.5 Å². The van der Waals surface area contributed by atoms with Crippen LogP contribution in [-0.2, 0) is 16.9 Å². The van der Waals surface area contributed by atoms with Crippen molar-refractivity contribution < 1.29 is 8.42 Å². The van der Waals surface area contributed by atoms with Crippen molar-refractivity contribution in [2.24, 2.45) is 7.05 Å². The molecule has 1 saturated heterocycles. The van der Waals surface area contributed by atoms with Crippen molar-refractivity contribution in [3.63, 3.8) is 0 Å². The van der Waals surface area contributed by atoms with Crippen LogP contribution in [0.25, 0.3) is 22.0 Å². The summed E-state index contributed by atoms with van der Waals surface area (Å²) in [6, 6.07) is 23.4. The van der Waals surface area contributed by atoms with Crippen molar-refractivity contribution in [3.8, 4) is 11.1 Å². The molecule has 38 heavy (non-hydrogen) atoms. The van der Waals surface area contributed by atoms with Gasteiger partial charge < -0.3 is 14.8 Å². The molecular formula is C30H34N4O3S.